The van der Waals surface area contributed by atoms with Crippen LogP contribution in [0.3, 0.4) is 0 Å². The molecule has 144 valence electrons. The minimum Gasteiger partial charge on any atom is -0.463 e. The lowest BCUT2D eigenvalue weighted by molar-refractivity contribution is -0.150. The Balaban J connectivity index is 2.15. The number of esters is 1. The van der Waals surface area contributed by atoms with Gasteiger partial charge in [-0.3, -0.25) is 9.69 Å². The highest BCUT2D eigenvalue weighted by molar-refractivity contribution is 7.80. The van der Waals surface area contributed by atoms with E-state index in [0.29, 0.717) is 15.8 Å². The average Bonchev–Trinajstić information content (AvgIpc) is 2.68. The van der Waals surface area contributed by atoms with Crippen molar-refractivity contribution in [3.05, 3.63) is 76.0 Å². The third-order valence-electron chi connectivity index (χ3n) is 4.60. The molecule has 1 heterocycles. The number of carbonyl (C=O) groups excluding carboxylic acids is 2. The number of ether oxygens (including phenoxy) is 1. The van der Waals surface area contributed by atoms with Crippen molar-refractivity contribution < 1.29 is 14.3 Å². The average molecular weight is 415 g/mol. The fraction of sp³-hybridized carbons (Fsp3) is 0.190. The molecular formula is C21H19ClN2O3S. The second kappa shape index (κ2) is 8.12. The Morgan fingerprint density at radius 2 is 1.68 bits per heavy atom. The SMILES string of the molecule is COC(=O)C(=O)C1=C(C)N(c2ccc(C)cc2)C(=S)N[C@@H]1c1ccc(Cl)cc1. The highest BCUT2D eigenvalue weighted by Gasteiger charge is 2.37. The summed E-state index contributed by atoms with van der Waals surface area (Å²) in [6, 6.07) is 14.2. The first-order chi connectivity index (χ1) is 13.3. The number of carbonyl (C=O) groups is 2. The number of aryl methyl sites for hydroxylation is 1. The molecule has 1 aliphatic heterocycles. The molecule has 0 bridgehead atoms. The van der Waals surface area contributed by atoms with E-state index >= 15 is 0 Å². The van der Waals surface area contributed by atoms with Gasteiger partial charge in [-0.05, 0) is 55.9 Å². The Hall–Kier alpha value is -2.70. The molecular weight excluding hydrogens is 396 g/mol. The van der Waals surface area contributed by atoms with Crippen LogP contribution in [0.4, 0.5) is 5.69 Å². The Kier molecular flexibility index (Phi) is 5.82. The van der Waals surface area contributed by atoms with Crippen LogP contribution in [0, 0.1) is 6.92 Å². The molecule has 1 aliphatic rings. The number of hydrogen-bond acceptors (Lipinski definition) is 4. The maximum Gasteiger partial charge on any atom is 0.379 e. The van der Waals surface area contributed by atoms with Gasteiger partial charge in [0.1, 0.15) is 0 Å². The van der Waals surface area contributed by atoms with Gasteiger partial charge in [0.25, 0.3) is 5.78 Å². The van der Waals surface area contributed by atoms with Crippen LogP contribution in [0.5, 0.6) is 0 Å². The molecule has 0 fully saturated rings. The maximum absolute atomic E-state index is 12.9. The van der Waals surface area contributed by atoms with Crippen molar-refractivity contribution in [2.45, 2.75) is 19.9 Å². The third-order valence-corrected chi connectivity index (χ3v) is 5.15. The lowest BCUT2D eigenvalue weighted by atomic mass is 9.91. The second-order valence-corrected chi connectivity index (χ2v) is 7.25. The van der Waals surface area contributed by atoms with Gasteiger partial charge in [-0.1, -0.05) is 41.4 Å². The highest BCUT2D eigenvalue weighted by Crippen LogP contribution is 2.34. The van der Waals surface area contributed by atoms with Crippen LogP contribution in [-0.4, -0.2) is 24.0 Å². The van der Waals surface area contributed by atoms with E-state index in [9.17, 15) is 9.59 Å². The number of benzene rings is 2. The van der Waals surface area contributed by atoms with Gasteiger partial charge in [-0.25, -0.2) is 4.79 Å². The minimum absolute atomic E-state index is 0.281. The molecule has 1 N–H and O–H groups in total. The molecule has 0 aromatic heterocycles. The molecule has 0 saturated heterocycles. The van der Waals surface area contributed by atoms with Crippen LogP contribution in [-0.2, 0) is 14.3 Å². The Labute approximate surface area is 173 Å². The zero-order valence-electron chi connectivity index (χ0n) is 15.7. The summed E-state index contributed by atoms with van der Waals surface area (Å²) >= 11 is 11.6. The molecule has 7 heteroatoms. The zero-order chi connectivity index (χ0) is 20.4. The molecule has 5 nitrogen and oxygen atoms in total. The van der Waals surface area contributed by atoms with Crippen LogP contribution >= 0.6 is 23.8 Å². The predicted molar refractivity (Wildman–Crippen MR) is 113 cm³/mol. The van der Waals surface area contributed by atoms with Gasteiger partial charge in [0, 0.05) is 16.4 Å². The molecule has 28 heavy (non-hydrogen) atoms. The van der Waals surface area contributed by atoms with Gasteiger partial charge >= 0.3 is 5.97 Å². The summed E-state index contributed by atoms with van der Waals surface area (Å²) in [6.45, 7) is 3.76. The first kappa shape index (κ1) is 20.0. The molecule has 0 aliphatic carbocycles. The maximum atomic E-state index is 12.9. The Bertz CT molecular complexity index is 968. The normalized spacial score (nSPS) is 16.6. The monoisotopic (exact) mass is 414 g/mol. The van der Waals surface area contributed by atoms with Crippen LogP contribution < -0.4 is 10.2 Å². The van der Waals surface area contributed by atoms with Crippen LogP contribution in [0.15, 0.2) is 59.8 Å². The molecule has 0 spiro atoms. The van der Waals surface area contributed by atoms with Crippen LogP contribution in [0.1, 0.15) is 24.1 Å². The Morgan fingerprint density at radius 3 is 2.25 bits per heavy atom. The summed E-state index contributed by atoms with van der Waals surface area (Å²) in [5, 5.41) is 4.19. The molecule has 0 saturated carbocycles. The standard InChI is InChI=1S/C21H19ClN2O3S/c1-12-4-10-16(11-5-12)24-13(2)17(19(25)20(26)27-3)18(23-21(24)28)14-6-8-15(22)9-7-14/h4-11,18H,1-3H3,(H,23,28)/t18-/m1/s1. The fourth-order valence-electron chi connectivity index (χ4n) is 3.15. The topological polar surface area (TPSA) is 58.6 Å². The number of ketones is 1. The number of nitrogens with one attached hydrogen (secondary N) is 1. The number of halogens is 1. The van der Waals surface area contributed by atoms with Crippen molar-refractivity contribution >= 4 is 46.4 Å². The molecule has 0 amide bonds. The second-order valence-electron chi connectivity index (χ2n) is 6.42. The summed E-state index contributed by atoms with van der Waals surface area (Å²) in [5.41, 5.74) is 3.52. The smallest absolute Gasteiger partial charge is 0.379 e. The number of nitrogens with zero attached hydrogens (tertiary/aromatic N) is 1. The Morgan fingerprint density at radius 1 is 1.07 bits per heavy atom. The number of Topliss-reactive ketones (excluding diaryl/α,β-unsaturated/α-hetero) is 1. The third kappa shape index (κ3) is 3.79. The summed E-state index contributed by atoms with van der Waals surface area (Å²) in [6.07, 6.45) is 0. The molecule has 3 rings (SSSR count). The quantitative estimate of drug-likeness (QED) is 0.461. The first-order valence-electron chi connectivity index (χ1n) is 8.59. The van der Waals surface area contributed by atoms with Crippen molar-refractivity contribution in [3.63, 3.8) is 0 Å². The van der Waals surface area contributed by atoms with E-state index in [1.807, 2.05) is 31.2 Å². The molecule has 2 aromatic carbocycles. The van der Waals surface area contributed by atoms with E-state index in [1.54, 1.807) is 36.1 Å². The number of allylic oxidation sites excluding steroid dienone is 1. The van der Waals surface area contributed by atoms with Gasteiger partial charge < -0.3 is 10.1 Å². The first-order valence-corrected chi connectivity index (χ1v) is 9.38. The lowest BCUT2D eigenvalue weighted by Crippen LogP contribution is -2.48. The molecule has 1 atom stereocenters. The molecule has 0 unspecified atom stereocenters. The number of anilines is 1. The van der Waals surface area contributed by atoms with E-state index in [1.165, 1.54) is 7.11 Å². The van der Waals surface area contributed by atoms with E-state index in [4.69, 9.17) is 23.8 Å². The molecule has 0 radical (unpaired) electrons. The van der Waals surface area contributed by atoms with Crippen molar-refractivity contribution in [2.75, 3.05) is 12.0 Å². The minimum atomic E-state index is -0.924. The van der Waals surface area contributed by atoms with Gasteiger partial charge in [0.05, 0.1) is 18.7 Å². The van der Waals surface area contributed by atoms with E-state index in [-0.39, 0.29) is 5.57 Å². The van der Waals surface area contributed by atoms with Gasteiger partial charge in [0.15, 0.2) is 5.11 Å². The van der Waals surface area contributed by atoms with Crippen LogP contribution in [0.2, 0.25) is 5.02 Å². The summed E-state index contributed by atoms with van der Waals surface area (Å²) in [5.74, 6) is -1.64. The number of thiocarbonyl (C=S) groups is 1. The van der Waals surface area contributed by atoms with Crippen LogP contribution in [0.25, 0.3) is 0 Å². The van der Waals surface area contributed by atoms with Gasteiger partial charge in [-0.15, -0.1) is 0 Å². The summed E-state index contributed by atoms with van der Waals surface area (Å²) < 4.78 is 4.68. The van der Waals surface area contributed by atoms with E-state index < -0.39 is 17.8 Å². The summed E-state index contributed by atoms with van der Waals surface area (Å²) in [7, 11) is 1.19. The van der Waals surface area contributed by atoms with Gasteiger partial charge in [0.2, 0.25) is 0 Å². The van der Waals surface area contributed by atoms with Gasteiger partial charge in [-0.2, -0.15) is 0 Å². The number of methoxy groups -OCH3 is 1. The van der Waals surface area contributed by atoms with Crippen molar-refractivity contribution in [1.82, 2.24) is 5.32 Å². The van der Waals surface area contributed by atoms with Crippen molar-refractivity contribution in [2.24, 2.45) is 0 Å². The number of hydrogen-bond donors (Lipinski definition) is 1. The van der Waals surface area contributed by atoms with Crippen molar-refractivity contribution in [1.29, 1.82) is 0 Å². The predicted octanol–water partition coefficient (Wildman–Crippen LogP) is 4.10. The van der Waals surface area contributed by atoms with E-state index in [2.05, 4.69) is 10.1 Å². The fourth-order valence-corrected chi connectivity index (χ4v) is 3.64. The highest BCUT2D eigenvalue weighted by atomic mass is 35.5. The molecule has 2 aromatic rings. The van der Waals surface area contributed by atoms with E-state index in [0.717, 1.165) is 16.8 Å². The summed E-state index contributed by atoms with van der Waals surface area (Å²) in [4.78, 5) is 26.7. The lowest BCUT2D eigenvalue weighted by Gasteiger charge is -2.37. The largest absolute Gasteiger partial charge is 0.463 e. The zero-order valence-corrected chi connectivity index (χ0v) is 17.2. The van der Waals surface area contributed by atoms with Crippen molar-refractivity contribution in [3.8, 4) is 0 Å². The number of rotatable bonds is 4.